The maximum Gasteiger partial charge on any atom is 0.525 e. The molecule has 0 bridgehead atoms. The van der Waals surface area contributed by atoms with Gasteiger partial charge in [0.05, 0.1) is 0 Å². The SMILES string of the molecule is FC(F)(F)OC(F)(C(F)(F)F)C(F)(F)C(F)(F)C(F)(F)OC(F)(Cl)C(F)(F)Cl. The molecule has 0 aromatic carbocycles. The Morgan fingerprint density at radius 1 is 0.500 bits per heavy atom. The van der Waals surface area contributed by atoms with Crippen LogP contribution in [-0.2, 0) is 9.47 Å². The van der Waals surface area contributed by atoms with E-state index in [2.05, 4.69) is 23.2 Å². The molecular weight excluding hydrogens is 503 g/mol. The van der Waals surface area contributed by atoms with Crippen LogP contribution in [0, 0.1) is 0 Å². The second-order valence-electron chi connectivity index (χ2n) is 4.42. The summed E-state index contributed by atoms with van der Waals surface area (Å²) in [6, 6.07) is 0. The predicted octanol–water partition coefficient (Wildman–Crippen LogP) is 6.32. The van der Waals surface area contributed by atoms with Crippen molar-refractivity contribution in [2.45, 2.75) is 47.0 Å². The monoisotopic (exact) mass is 502 g/mol. The van der Waals surface area contributed by atoms with Gasteiger partial charge >= 0.3 is 47.0 Å². The molecule has 0 rings (SSSR count). The summed E-state index contributed by atoms with van der Waals surface area (Å²) >= 11 is 7.49. The van der Waals surface area contributed by atoms with Crippen molar-refractivity contribution in [2.24, 2.45) is 0 Å². The fourth-order valence-electron chi connectivity index (χ4n) is 1.13. The maximum absolute atomic E-state index is 13.3. The van der Waals surface area contributed by atoms with Crippen LogP contribution in [0.15, 0.2) is 0 Å². The Morgan fingerprint density at radius 3 is 1.11 bits per heavy atom. The highest BCUT2D eigenvalue weighted by Crippen LogP contribution is 2.60. The molecule has 2 nitrogen and oxygen atoms in total. The number of ether oxygens (including phenoxy) is 2. The molecule has 20 heteroatoms. The standard InChI is InChI=1S/C8Cl2F16O2/c9-4(16,17)5(10,18)28-7(22,23)2(13,14)1(11,12)3(15,6(19,20)21)27-8(24,25)26. The highest BCUT2D eigenvalue weighted by molar-refractivity contribution is 6.31. The van der Waals surface area contributed by atoms with Gasteiger partial charge in [0.25, 0.3) is 0 Å². The number of hydrogen-bond donors (Lipinski definition) is 0. The van der Waals surface area contributed by atoms with E-state index >= 15 is 0 Å². The van der Waals surface area contributed by atoms with Gasteiger partial charge in [0.15, 0.2) is 0 Å². The number of rotatable bonds is 7. The molecule has 0 aliphatic carbocycles. The van der Waals surface area contributed by atoms with Crippen LogP contribution in [0.3, 0.4) is 0 Å². The van der Waals surface area contributed by atoms with Crippen LogP contribution in [0.5, 0.6) is 0 Å². The van der Waals surface area contributed by atoms with Gasteiger partial charge in [0.2, 0.25) is 0 Å². The van der Waals surface area contributed by atoms with E-state index < -0.39 is 47.0 Å². The Hall–Kier alpha value is -0.620. The molecule has 0 aliphatic heterocycles. The highest BCUT2D eigenvalue weighted by Gasteiger charge is 2.90. The molecule has 2 unspecified atom stereocenters. The van der Waals surface area contributed by atoms with Gasteiger partial charge in [0, 0.05) is 0 Å². The normalized spacial score (nSPS) is 19.9. The van der Waals surface area contributed by atoms with E-state index in [4.69, 9.17) is 0 Å². The predicted molar refractivity (Wildman–Crippen MR) is 53.5 cm³/mol. The van der Waals surface area contributed by atoms with Gasteiger partial charge in [-0.05, 0) is 23.2 Å². The van der Waals surface area contributed by atoms with Crippen molar-refractivity contribution in [3.05, 3.63) is 0 Å². The van der Waals surface area contributed by atoms with Crippen molar-refractivity contribution in [1.82, 2.24) is 0 Å². The minimum atomic E-state index is -8.29. The van der Waals surface area contributed by atoms with Gasteiger partial charge in [0.1, 0.15) is 0 Å². The van der Waals surface area contributed by atoms with Crippen LogP contribution >= 0.6 is 23.2 Å². The van der Waals surface area contributed by atoms with E-state index in [-0.39, 0.29) is 0 Å². The molecular formula is C8Cl2F16O2. The van der Waals surface area contributed by atoms with E-state index in [1.54, 1.807) is 4.74 Å². The maximum atomic E-state index is 13.3. The fraction of sp³-hybridized carbons (Fsp3) is 1.00. The summed E-state index contributed by atoms with van der Waals surface area (Å²) in [4.78, 5) is 0. The molecule has 0 aromatic heterocycles. The minimum absolute atomic E-state index is 1.22. The third kappa shape index (κ3) is 4.75. The Bertz CT molecular complexity index is 562. The molecule has 170 valence electrons. The molecule has 0 saturated carbocycles. The average Bonchev–Trinajstić information content (AvgIpc) is 2.31. The molecule has 0 heterocycles. The van der Waals surface area contributed by atoms with Crippen LogP contribution in [0.1, 0.15) is 0 Å². The van der Waals surface area contributed by atoms with Gasteiger partial charge in [-0.2, -0.15) is 57.1 Å². The smallest absolute Gasteiger partial charge is 0.258 e. The number of alkyl halides is 18. The van der Waals surface area contributed by atoms with Crippen LogP contribution in [0.2, 0.25) is 0 Å². The summed E-state index contributed by atoms with van der Waals surface area (Å²) in [5.41, 5.74) is 0. The van der Waals surface area contributed by atoms with Crippen LogP contribution in [-0.4, -0.2) is 47.0 Å². The molecule has 0 fully saturated rings. The average molecular weight is 503 g/mol. The van der Waals surface area contributed by atoms with Gasteiger partial charge < -0.3 is 0 Å². The fourth-order valence-corrected chi connectivity index (χ4v) is 1.26. The molecule has 2 atom stereocenters. The van der Waals surface area contributed by atoms with Crippen molar-refractivity contribution < 1.29 is 79.7 Å². The van der Waals surface area contributed by atoms with E-state index in [1.165, 1.54) is 4.74 Å². The lowest BCUT2D eigenvalue weighted by Crippen LogP contribution is -2.71. The van der Waals surface area contributed by atoms with Gasteiger partial charge in [-0.15, -0.1) is 13.2 Å². The summed E-state index contributed by atoms with van der Waals surface area (Å²) < 4.78 is 205. The zero-order valence-corrected chi connectivity index (χ0v) is 13.1. The highest BCUT2D eigenvalue weighted by atomic mass is 35.5. The van der Waals surface area contributed by atoms with Crippen molar-refractivity contribution in [3.8, 4) is 0 Å². The van der Waals surface area contributed by atoms with Crippen LogP contribution in [0.4, 0.5) is 70.2 Å². The first-order valence-electron chi connectivity index (χ1n) is 5.47. The molecule has 0 amide bonds. The zero-order valence-electron chi connectivity index (χ0n) is 11.6. The van der Waals surface area contributed by atoms with E-state index in [9.17, 15) is 70.2 Å². The lowest BCUT2D eigenvalue weighted by Gasteiger charge is -2.41. The zero-order chi connectivity index (χ0) is 23.4. The van der Waals surface area contributed by atoms with Crippen LogP contribution < -0.4 is 0 Å². The van der Waals surface area contributed by atoms with E-state index in [0.717, 1.165) is 0 Å². The quantitative estimate of drug-likeness (QED) is 0.299. The Labute approximate surface area is 151 Å². The lowest BCUT2D eigenvalue weighted by atomic mass is 10.0. The van der Waals surface area contributed by atoms with Crippen molar-refractivity contribution in [1.29, 1.82) is 0 Å². The molecule has 0 aliphatic rings. The van der Waals surface area contributed by atoms with Crippen LogP contribution in [0.25, 0.3) is 0 Å². The molecule has 0 saturated heterocycles. The first-order valence-corrected chi connectivity index (χ1v) is 6.22. The molecule has 28 heavy (non-hydrogen) atoms. The Morgan fingerprint density at radius 2 is 0.857 bits per heavy atom. The summed E-state index contributed by atoms with van der Waals surface area (Å²) in [6.45, 7) is 0. The summed E-state index contributed by atoms with van der Waals surface area (Å²) in [5.74, 6) is -24.4. The summed E-state index contributed by atoms with van der Waals surface area (Å²) in [5, 5.41) is -12.0. The molecule has 0 N–H and O–H groups in total. The van der Waals surface area contributed by atoms with Gasteiger partial charge in [-0.25, -0.2) is 4.74 Å². The van der Waals surface area contributed by atoms with Gasteiger partial charge in [-0.3, -0.25) is 4.74 Å². The second-order valence-corrected chi connectivity index (χ2v) is 5.38. The minimum Gasteiger partial charge on any atom is -0.258 e. The second kappa shape index (κ2) is 6.97. The molecule has 0 aromatic rings. The summed E-state index contributed by atoms with van der Waals surface area (Å²) in [7, 11) is 0. The first-order chi connectivity index (χ1) is 11.7. The third-order valence-corrected chi connectivity index (χ3v) is 3.03. The van der Waals surface area contributed by atoms with Crippen molar-refractivity contribution in [2.75, 3.05) is 0 Å². The van der Waals surface area contributed by atoms with E-state index in [1.807, 2.05) is 0 Å². The van der Waals surface area contributed by atoms with Crippen molar-refractivity contribution in [3.63, 3.8) is 0 Å². The third-order valence-electron chi connectivity index (χ3n) is 2.37. The molecule has 0 spiro atoms. The Kier molecular flexibility index (Phi) is 6.81. The first kappa shape index (κ1) is 27.4. The summed E-state index contributed by atoms with van der Waals surface area (Å²) in [6.07, 6.45) is -22.5. The topological polar surface area (TPSA) is 18.5 Å². The number of hydrogen-bond acceptors (Lipinski definition) is 2. The van der Waals surface area contributed by atoms with Crippen molar-refractivity contribution >= 4 is 23.2 Å². The number of halogens is 18. The Balaban J connectivity index is 6.46. The van der Waals surface area contributed by atoms with E-state index in [0.29, 0.717) is 0 Å². The van der Waals surface area contributed by atoms with Gasteiger partial charge in [-0.1, -0.05) is 0 Å². The lowest BCUT2D eigenvalue weighted by molar-refractivity contribution is -0.527. The largest absolute Gasteiger partial charge is 0.525 e. The molecule has 0 radical (unpaired) electrons.